The van der Waals surface area contributed by atoms with Crippen LogP contribution in [0.25, 0.3) is 0 Å². The van der Waals surface area contributed by atoms with Gasteiger partial charge in [0.05, 0.1) is 11.8 Å². The maximum atomic E-state index is 13.3. The summed E-state index contributed by atoms with van der Waals surface area (Å²) in [4.78, 5) is 27.6. The van der Waals surface area contributed by atoms with Gasteiger partial charge in [0.25, 0.3) is 0 Å². The number of β-amino-alcohol motifs (C(OH)–C–C–N with tert-alkyl or cyclic N) is 1. The fraction of sp³-hybridized carbons (Fsp3) is 0.476. The molecule has 2 heterocycles. The number of nitrogens with zero attached hydrogens (tertiary/aromatic N) is 2. The molecule has 2 amide bonds. The fourth-order valence-corrected chi connectivity index (χ4v) is 4.09. The molecular formula is C21H26BrN3O5. The van der Waals surface area contributed by atoms with Gasteiger partial charge in [0.1, 0.15) is 23.5 Å². The van der Waals surface area contributed by atoms with Crippen LogP contribution in [0, 0.1) is 12.8 Å². The summed E-state index contributed by atoms with van der Waals surface area (Å²) in [5.74, 6) is -0.811. The molecule has 2 aromatic rings. The average molecular weight is 480 g/mol. The number of aliphatic hydroxyl groups is 1. The van der Waals surface area contributed by atoms with E-state index in [1.54, 1.807) is 31.2 Å². The van der Waals surface area contributed by atoms with Crippen LogP contribution in [0.15, 0.2) is 33.3 Å². The van der Waals surface area contributed by atoms with Crippen molar-refractivity contribution in [1.29, 1.82) is 0 Å². The van der Waals surface area contributed by atoms with E-state index in [4.69, 9.17) is 4.52 Å². The summed E-state index contributed by atoms with van der Waals surface area (Å²) < 4.78 is 6.06. The highest BCUT2D eigenvalue weighted by Gasteiger charge is 2.43. The predicted molar refractivity (Wildman–Crippen MR) is 113 cm³/mol. The SMILES string of the molecule is Cc1cc(C(C(=O)N2C[C@H](O)C[C@H]2C(=O)NCc2ccc(Br)cc2O)C(C)C)on1. The van der Waals surface area contributed by atoms with E-state index in [2.05, 4.69) is 26.4 Å². The van der Waals surface area contributed by atoms with E-state index >= 15 is 0 Å². The number of hydrogen-bond acceptors (Lipinski definition) is 6. The zero-order valence-corrected chi connectivity index (χ0v) is 18.7. The van der Waals surface area contributed by atoms with Crippen molar-refractivity contribution in [3.05, 3.63) is 45.8 Å². The Balaban J connectivity index is 1.75. The Morgan fingerprint density at radius 1 is 1.37 bits per heavy atom. The van der Waals surface area contributed by atoms with Crippen LogP contribution in [0.1, 0.15) is 43.2 Å². The Bertz CT molecular complexity index is 929. The van der Waals surface area contributed by atoms with Crippen LogP contribution in [-0.2, 0) is 16.1 Å². The molecule has 3 rings (SSSR count). The first-order valence-corrected chi connectivity index (χ1v) is 10.6. The molecule has 1 aromatic heterocycles. The number of benzene rings is 1. The number of nitrogens with one attached hydrogen (secondary N) is 1. The molecule has 0 aliphatic carbocycles. The molecule has 0 radical (unpaired) electrons. The first kappa shape index (κ1) is 22.3. The van der Waals surface area contributed by atoms with Gasteiger partial charge in [-0.1, -0.05) is 41.0 Å². The zero-order chi connectivity index (χ0) is 22.0. The Kier molecular flexibility index (Phi) is 6.82. The molecule has 1 unspecified atom stereocenters. The van der Waals surface area contributed by atoms with Gasteiger partial charge in [-0.05, 0) is 25.0 Å². The number of aromatic hydroxyl groups is 1. The van der Waals surface area contributed by atoms with Gasteiger partial charge in [0, 0.05) is 35.6 Å². The second-order valence-electron chi connectivity index (χ2n) is 7.98. The first-order valence-electron chi connectivity index (χ1n) is 9.84. The molecular weight excluding hydrogens is 454 g/mol. The van der Waals surface area contributed by atoms with E-state index < -0.39 is 18.1 Å². The van der Waals surface area contributed by atoms with Crippen LogP contribution in [0.2, 0.25) is 0 Å². The lowest BCUT2D eigenvalue weighted by Crippen LogP contribution is -2.48. The lowest BCUT2D eigenvalue weighted by Gasteiger charge is -2.28. The fourth-order valence-electron chi connectivity index (χ4n) is 3.74. The monoisotopic (exact) mass is 479 g/mol. The van der Waals surface area contributed by atoms with Crippen LogP contribution in [-0.4, -0.2) is 50.8 Å². The summed E-state index contributed by atoms with van der Waals surface area (Å²) >= 11 is 3.28. The number of hydrogen-bond donors (Lipinski definition) is 3. The Morgan fingerprint density at radius 3 is 2.70 bits per heavy atom. The van der Waals surface area contributed by atoms with E-state index in [0.29, 0.717) is 17.0 Å². The number of carbonyl (C=O) groups is 2. The molecule has 9 heteroatoms. The van der Waals surface area contributed by atoms with E-state index in [0.717, 1.165) is 4.47 Å². The molecule has 0 spiro atoms. The summed E-state index contributed by atoms with van der Waals surface area (Å²) in [5, 5.41) is 26.8. The first-order chi connectivity index (χ1) is 14.2. The molecule has 8 nitrogen and oxygen atoms in total. The summed E-state index contributed by atoms with van der Waals surface area (Å²) in [7, 11) is 0. The van der Waals surface area contributed by atoms with E-state index in [1.165, 1.54) is 4.90 Å². The van der Waals surface area contributed by atoms with Gasteiger partial charge in [-0.2, -0.15) is 0 Å². The predicted octanol–water partition coefficient (Wildman–Crippen LogP) is 2.47. The molecule has 0 bridgehead atoms. The highest BCUT2D eigenvalue weighted by atomic mass is 79.9. The van der Waals surface area contributed by atoms with Crippen molar-refractivity contribution >= 4 is 27.7 Å². The van der Waals surface area contributed by atoms with Crippen molar-refractivity contribution in [2.24, 2.45) is 5.92 Å². The molecule has 1 aliphatic heterocycles. The van der Waals surface area contributed by atoms with Gasteiger partial charge < -0.3 is 25.0 Å². The quantitative estimate of drug-likeness (QED) is 0.585. The number of aromatic nitrogens is 1. The second-order valence-corrected chi connectivity index (χ2v) is 8.89. The summed E-state index contributed by atoms with van der Waals surface area (Å²) in [6, 6.07) is 5.94. The maximum absolute atomic E-state index is 13.3. The number of phenolic OH excluding ortho intramolecular Hbond substituents is 1. The third-order valence-corrected chi connectivity index (χ3v) is 5.74. The number of phenols is 1. The van der Waals surface area contributed by atoms with Gasteiger partial charge in [-0.25, -0.2) is 0 Å². The van der Waals surface area contributed by atoms with Gasteiger partial charge >= 0.3 is 0 Å². The summed E-state index contributed by atoms with van der Waals surface area (Å²) in [6.07, 6.45) is -0.625. The normalized spacial score (nSPS) is 19.9. The third kappa shape index (κ3) is 4.84. The standard InChI is InChI=1S/C21H26BrN3O5/c1-11(2)19(18-6-12(3)24-30-18)21(29)25-10-15(26)8-16(25)20(28)23-9-13-4-5-14(22)7-17(13)27/h4-7,11,15-16,19,26-27H,8-10H2,1-3H3,(H,23,28)/t15-,16+,19?/m1/s1. The van der Waals surface area contributed by atoms with Gasteiger partial charge in [0.15, 0.2) is 0 Å². The van der Waals surface area contributed by atoms with E-state index in [-0.39, 0.29) is 43.0 Å². The van der Waals surface area contributed by atoms with E-state index in [9.17, 15) is 19.8 Å². The maximum Gasteiger partial charge on any atom is 0.243 e. The molecule has 1 saturated heterocycles. The van der Waals surface area contributed by atoms with Crippen molar-refractivity contribution in [3.8, 4) is 5.75 Å². The Morgan fingerprint density at radius 2 is 2.10 bits per heavy atom. The minimum atomic E-state index is -0.796. The highest BCUT2D eigenvalue weighted by Crippen LogP contribution is 2.31. The number of aliphatic hydroxyl groups excluding tert-OH is 1. The van der Waals surface area contributed by atoms with Crippen molar-refractivity contribution < 1.29 is 24.3 Å². The molecule has 3 atom stereocenters. The lowest BCUT2D eigenvalue weighted by atomic mass is 9.91. The molecule has 162 valence electrons. The largest absolute Gasteiger partial charge is 0.508 e. The number of likely N-dealkylation sites (tertiary alicyclic amines) is 1. The lowest BCUT2D eigenvalue weighted by molar-refractivity contribution is -0.141. The molecule has 0 saturated carbocycles. The Labute approximate surface area is 183 Å². The van der Waals surface area contributed by atoms with E-state index in [1.807, 2.05) is 13.8 Å². The molecule has 3 N–H and O–H groups in total. The minimum Gasteiger partial charge on any atom is -0.508 e. The number of carbonyl (C=O) groups excluding carboxylic acids is 2. The van der Waals surface area contributed by atoms with Gasteiger partial charge in [-0.3, -0.25) is 9.59 Å². The topological polar surface area (TPSA) is 116 Å². The third-order valence-electron chi connectivity index (χ3n) is 5.25. The summed E-state index contributed by atoms with van der Waals surface area (Å²) in [5.41, 5.74) is 1.23. The van der Waals surface area contributed by atoms with Gasteiger partial charge in [0.2, 0.25) is 11.8 Å². The second kappa shape index (κ2) is 9.18. The Hall–Kier alpha value is -2.39. The minimum absolute atomic E-state index is 0.0598. The van der Waals surface area contributed by atoms with Crippen LogP contribution in [0.5, 0.6) is 5.75 Å². The number of aryl methyl sites for hydroxylation is 1. The highest BCUT2D eigenvalue weighted by molar-refractivity contribution is 9.10. The van der Waals surface area contributed by atoms with Crippen LogP contribution in [0.4, 0.5) is 0 Å². The smallest absolute Gasteiger partial charge is 0.243 e. The van der Waals surface area contributed by atoms with Crippen molar-refractivity contribution in [3.63, 3.8) is 0 Å². The molecule has 30 heavy (non-hydrogen) atoms. The molecule has 1 fully saturated rings. The van der Waals surface area contributed by atoms with Crippen LogP contribution in [0.3, 0.4) is 0 Å². The number of halogens is 1. The summed E-state index contributed by atoms with van der Waals surface area (Å²) in [6.45, 7) is 5.77. The molecule has 1 aromatic carbocycles. The average Bonchev–Trinajstić information content (AvgIpc) is 3.26. The number of rotatable bonds is 6. The van der Waals surface area contributed by atoms with Gasteiger partial charge in [-0.15, -0.1) is 0 Å². The van der Waals surface area contributed by atoms with Crippen molar-refractivity contribution in [2.75, 3.05) is 6.54 Å². The van der Waals surface area contributed by atoms with Crippen molar-refractivity contribution in [2.45, 2.75) is 51.8 Å². The van der Waals surface area contributed by atoms with Crippen LogP contribution < -0.4 is 5.32 Å². The zero-order valence-electron chi connectivity index (χ0n) is 17.1. The van der Waals surface area contributed by atoms with Crippen molar-refractivity contribution in [1.82, 2.24) is 15.4 Å². The molecule has 1 aliphatic rings. The number of amides is 2. The van der Waals surface area contributed by atoms with Crippen LogP contribution >= 0.6 is 15.9 Å².